The number of thioether (sulfide) groups is 1. The highest BCUT2D eigenvalue weighted by atomic mass is 32.2. The molecule has 0 aliphatic rings. The maximum Gasteiger partial charge on any atom is 0.451 e. The Balaban J connectivity index is 2.10. The van der Waals surface area contributed by atoms with Crippen molar-refractivity contribution in [3.63, 3.8) is 0 Å². The lowest BCUT2D eigenvalue weighted by atomic mass is 10.2. The summed E-state index contributed by atoms with van der Waals surface area (Å²) in [6.45, 7) is 0. The van der Waals surface area contributed by atoms with Gasteiger partial charge < -0.3 is 9.30 Å². The zero-order valence-corrected chi connectivity index (χ0v) is 11.9. The van der Waals surface area contributed by atoms with E-state index in [0.29, 0.717) is 5.56 Å². The summed E-state index contributed by atoms with van der Waals surface area (Å²) in [5.74, 6) is -1.21. The van der Waals surface area contributed by atoms with E-state index >= 15 is 0 Å². The summed E-state index contributed by atoms with van der Waals surface area (Å²) in [7, 11) is 2.59. The molecule has 4 nitrogen and oxygen atoms in total. The van der Waals surface area contributed by atoms with Gasteiger partial charge in [-0.1, -0.05) is 17.8 Å². The van der Waals surface area contributed by atoms with Crippen molar-refractivity contribution in [1.82, 2.24) is 14.8 Å². The Morgan fingerprint density at radius 2 is 2.00 bits per heavy atom. The van der Waals surface area contributed by atoms with Crippen molar-refractivity contribution in [2.45, 2.75) is 17.1 Å². The van der Waals surface area contributed by atoms with Gasteiger partial charge in [0.1, 0.15) is 0 Å². The third-order valence-electron chi connectivity index (χ3n) is 2.67. The Labute approximate surface area is 122 Å². The van der Waals surface area contributed by atoms with Crippen LogP contribution < -0.4 is 4.74 Å². The molecule has 0 aliphatic carbocycles. The molecule has 0 aliphatic heterocycles. The molecule has 0 saturated heterocycles. The number of halogens is 4. The smallest absolute Gasteiger partial charge is 0.451 e. The standard InChI is InChI=1S/C12H11F4N3OS/c1-19-10(12(14,15)16)17-18-11(19)21-6-7-3-4-9(20-2)8(13)5-7/h3-5H,6H2,1-2H3. The Hall–Kier alpha value is -1.77. The van der Waals surface area contributed by atoms with Crippen molar-refractivity contribution < 1.29 is 22.3 Å². The van der Waals surface area contributed by atoms with Gasteiger partial charge in [0.25, 0.3) is 0 Å². The van der Waals surface area contributed by atoms with Crippen molar-refractivity contribution in [2.24, 2.45) is 7.05 Å². The number of alkyl halides is 3. The molecule has 2 aromatic rings. The van der Waals surface area contributed by atoms with E-state index in [9.17, 15) is 17.6 Å². The van der Waals surface area contributed by atoms with E-state index in [1.54, 1.807) is 6.07 Å². The molecule has 0 fully saturated rings. The van der Waals surface area contributed by atoms with E-state index in [-0.39, 0.29) is 16.7 Å². The van der Waals surface area contributed by atoms with Crippen LogP contribution in [0.3, 0.4) is 0 Å². The third kappa shape index (κ3) is 3.46. The van der Waals surface area contributed by atoms with E-state index < -0.39 is 17.8 Å². The van der Waals surface area contributed by atoms with Gasteiger partial charge in [-0.3, -0.25) is 0 Å². The Bertz CT molecular complexity index is 642. The molecule has 1 aromatic carbocycles. The molecule has 0 bridgehead atoms. The minimum atomic E-state index is -4.55. The lowest BCUT2D eigenvalue weighted by Gasteiger charge is -2.07. The van der Waals surface area contributed by atoms with Crippen LogP contribution in [0.5, 0.6) is 5.75 Å². The second-order valence-corrected chi connectivity index (χ2v) is 5.06. The first-order valence-corrected chi connectivity index (χ1v) is 6.73. The molecule has 0 amide bonds. The van der Waals surface area contributed by atoms with Gasteiger partial charge in [0.05, 0.1) is 7.11 Å². The van der Waals surface area contributed by atoms with Crippen LogP contribution in [0, 0.1) is 5.82 Å². The van der Waals surface area contributed by atoms with Crippen molar-refractivity contribution in [3.8, 4) is 5.75 Å². The lowest BCUT2D eigenvalue weighted by Crippen LogP contribution is -2.12. The van der Waals surface area contributed by atoms with Gasteiger partial charge in [0.2, 0.25) is 5.82 Å². The van der Waals surface area contributed by atoms with Gasteiger partial charge in [-0.05, 0) is 17.7 Å². The molecule has 0 saturated carbocycles. The van der Waals surface area contributed by atoms with E-state index in [1.165, 1.54) is 26.3 Å². The average molecular weight is 321 g/mol. The minimum absolute atomic E-state index is 0.110. The second kappa shape index (κ2) is 5.92. The van der Waals surface area contributed by atoms with Crippen molar-refractivity contribution in [3.05, 3.63) is 35.4 Å². The van der Waals surface area contributed by atoms with Gasteiger partial charge in [-0.25, -0.2) is 4.39 Å². The van der Waals surface area contributed by atoms with Crippen LogP contribution in [-0.2, 0) is 19.0 Å². The summed E-state index contributed by atoms with van der Waals surface area (Å²) in [6.07, 6.45) is -4.55. The number of ether oxygens (including phenoxy) is 1. The largest absolute Gasteiger partial charge is 0.494 e. The highest BCUT2D eigenvalue weighted by Crippen LogP contribution is 2.30. The molecule has 1 aromatic heterocycles. The minimum Gasteiger partial charge on any atom is -0.494 e. The first-order valence-electron chi connectivity index (χ1n) is 5.74. The summed E-state index contributed by atoms with van der Waals surface area (Å²) < 4.78 is 56.9. The topological polar surface area (TPSA) is 39.9 Å². The zero-order valence-electron chi connectivity index (χ0n) is 11.1. The number of benzene rings is 1. The molecule has 0 atom stereocenters. The molecule has 0 unspecified atom stereocenters. The monoisotopic (exact) mass is 321 g/mol. The summed E-state index contributed by atoms with van der Waals surface area (Å²) in [4.78, 5) is 0. The molecule has 21 heavy (non-hydrogen) atoms. The van der Waals surface area contributed by atoms with Crippen LogP contribution >= 0.6 is 11.8 Å². The fourth-order valence-corrected chi connectivity index (χ4v) is 2.49. The number of hydrogen-bond acceptors (Lipinski definition) is 4. The SMILES string of the molecule is COc1ccc(CSc2nnc(C(F)(F)F)n2C)cc1F. The Kier molecular flexibility index (Phi) is 4.40. The fraction of sp³-hybridized carbons (Fsp3) is 0.333. The van der Waals surface area contributed by atoms with Crippen molar-refractivity contribution in [2.75, 3.05) is 7.11 Å². The molecule has 0 radical (unpaired) electrons. The normalized spacial score (nSPS) is 11.7. The molecular formula is C12H11F4N3OS. The first-order chi connectivity index (χ1) is 9.82. The van der Waals surface area contributed by atoms with Crippen LogP contribution in [0.4, 0.5) is 17.6 Å². The predicted octanol–water partition coefficient (Wildman–Crippen LogP) is 3.27. The van der Waals surface area contributed by atoms with E-state index in [1.807, 2.05) is 0 Å². The number of methoxy groups -OCH3 is 1. The summed E-state index contributed by atoms with van der Waals surface area (Å²) >= 11 is 1.04. The maximum absolute atomic E-state index is 13.5. The van der Waals surface area contributed by atoms with Crippen LogP contribution in [-0.4, -0.2) is 21.9 Å². The molecular weight excluding hydrogens is 310 g/mol. The molecule has 2 rings (SSSR count). The molecule has 1 heterocycles. The summed E-state index contributed by atoms with van der Waals surface area (Å²) in [6, 6.07) is 4.37. The zero-order chi connectivity index (χ0) is 15.6. The number of rotatable bonds is 4. The lowest BCUT2D eigenvalue weighted by molar-refractivity contribution is -0.147. The van der Waals surface area contributed by atoms with Crippen molar-refractivity contribution in [1.29, 1.82) is 0 Å². The van der Waals surface area contributed by atoms with Crippen LogP contribution in [0.1, 0.15) is 11.4 Å². The van der Waals surface area contributed by atoms with Crippen LogP contribution in [0.2, 0.25) is 0 Å². The quantitative estimate of drug-likeness (QED) is 0.640. The second-order valence-electron chi connectivity index (χ2n) is 4.12. The van der Waals surface area contributed by atoms with E-state index in [4.69, 9.17) is 4.74 Å². The van der Waals surface area contributed by atoms with Crippen LogP contribution in [0.25, 0.3) is 0 Å². The Morgan fingerprint density at radius 3 is 2.52 bits per heavy atom. The van der Waals surface area contributed by atoms with E-state index in [2.05, 4.69) is 10.2 Å². The number of nitrogens with zero attached hydrogens (tertiary/aromatic N) is 3. The third-order valence-corrected chi connectivity index (χ3v) is 3.76. The van der Waals surface area contributed by atoms with Gasteiger partial charge >= 0.3 is 6.18 Å². The molecule has 0 spiro atoms. The fourth-order valence-electron chi connectivity index (χ4n) is 1.63. The van der Waals surface area contributed by atoms with Gasteiger partial charge in [0.15, 0.2) is 16.7 Å². The average Bonchev–Trinajstić information content (AvgIpc) is 2.77. The van der Waals surface area contributed by atoms with Gasteiger partial charge in [-0.2, -0.15) is 13.2 Å². The van der Waals surface area contributed by atoms with Crippen molar-refractivity contribution >= 4 is 11.8 Å². The molecule has 114 valence electrons. The summed E-state index contributed by atoms with van der Waals surface area (Å²) in [5, 5.41) is 6.72. The van der Waals surface area contributed by atoms with E-state index in [0.717, 1.165) is 16.3 Å². The molecule has 9 heteroatoms. The maximum atomic E-state index is 13.5. The number of aromatic nitrogens is 3. The predicted molar refractivity (Wildman–Crippen MR) is 68.5 cm³/mol. The first kappa shape index (κ1) is 15.6. The Morgan fingerprint density at radius 1 is 1.29 bits per heavy atom. The summed E-state index contributed by atoms with van der Waals surface area (Å²) in [5.41, 5.74) is 0.606. The van der Waals surface area contributed by atoms with Crippen LogP contribution in [0.15, 0.2) is 23.4 Å². The van der Waals surface area contributed by atoms with Gasteiger partial charge in [-0.15, -0.1) is 10.2 Å². The highest BCUT2D eigenvalue weighted by molar-refractivity contribution is 7.98. The molecule has 0 N–H and O–H groups in total. The number of hydrogen-bond donors (Lipinski definition) is 0. The van der Waals surface area contributed by atoms with Gasteiger partial charge in [0, 0.05) is 12.8 Å². The highest BCUT2D eigenvalue weighted by Gasteiger charge is 2.37.